The topological polar surface area (TPSA) is 75.9 Å². The molecular formula is C12H12BrF2N5. The lowest BCUT2D eigenvalue weighted by Crippen LogP contribution is -2.06. The van der Waals surface area contributed by atoms with Crippen LogP contribution in [0.5, 0.6) is 0 Å². The fraction of sp³-hybridized carbons (Fsp3) is 0.167. The number of halogens is 3. The molecule has 0 radical (unpaired) electrons. The van der Waals surface area contributed by atoms with E-state index in [0.29, 0.717) is 12.4 Å². The Labute approximate surface area is 122 Å². The van der Waals surface area contributed by atoms with E-state index in [1.807, 2.05) is 6.92 Å². The van der Waals surface area contributed by atoms with Crippen LogP contribution in [0.25, 0.3) is 0 Å². The van der Waals surface area contributed by atoms with Crippen molar-refractivity contribution in [1.82, 2.24) is 9.97 Å². The van der Waals surface area contributed by atoms with E-state index < -0.39 is 11.6 Å². The average molecular weight is 344 g/mol. The Morgan fingerprint density at radius 2 is 1.85 bits per heavy atom. The van der Waals surface area contributed by atoms with E-state index >= 15 is 0 Å². The standard InChI is InChI=1S/C12H12BrF2N5/c1-2-17-10-5-11(20-12(16)19-10)18-9-4-7(14)6(13)3-8(9)15/h3-5H,2H2,1H3,(H4,16,17,18,19,20). The Morgan fingerprint density at radius 3 is 2.55 bits per heavy atom. The smallest absolute Gasteiger partial charge is 0.223 e. The summed E-state index contributed by atoms with van der Waals surface area (Å²) >= 11 is 2.91. The highest BCUT2D eigenvalue weighted by atomic mass is 79.9. The Morgan fingerprint density at radius 1 is 1.15 bits per heavy atom. The van der Waals surface area contributed by atoms with Gasteiger partial charge in [-0.3, -0.25) is 0 Å². The van der Waals surface area contributed by atoms with Gasteiger partial charge in [-0.2, -0.15) is 9.97 Å². The maximum Gasteiger partial charge on any atom is 0.223 e. The van der Waals surface area contributed by atoms with Crippen molar-refractivity contribution in [2.24, 2.45) is 0 Å². The highest BCUT2D eigenvalue weighted by Gasteiger charge is 2.10. The largest absolute Gasteiger partial charge is 0.370 e. The third-order valence-electron chi connectivity index (χ3n) is 2.37. The first kappa shape index (κ1) is 14.4. The molecule has 0 aliphatic heterocycles. The minimum atomic E-state index is -0.611. The molecule has 0 aliphatic carbocycles. The Bertz CT molecular complexity index is 635. The number of benzene rings is 1. The van der Waals surface area contributed by atoms with Gasteiger partial charge in [0.25, 0.3) is 0 Å². The molecule has 106 valence electrons. The van der Waals surface area contributed by atoms with Crippen LogP contribution in [-0.2, 0) is 0 Å². The highest BCUT2D eigenvalue weighted by molar-refractivity contribution is 9.10. The van der Waals surface area contributed by atoms with E-state index in [-0.39, 0.29) is 21.9 Å². The lowest BCUT2D eigenvalue weighted by Gasteiger charge is -2.10. The molecule has 0 saturated heterocycles. The third-order valence-corrected chi connectivity index (χ3v) is 2.98. The van der Waals surface area contributed by atoms with Crippen LogP contribution in [-0.4, -0.2) is 16.5 Å². The van der Waals surface area contributed by atoms with Crippen LogP contribution in [0.4, 0.5) is 32.1 Å². The zero-order chi connectivity index (χ0) is 14.7. The second-order valence-electron chi connectivity index (χ2n) is 3.90. The van der Waals surface area contributed by atoms with E-state index in [1.165, 1.54) is 0 Å². The monoisotopic (exact) mass is 343 g/mol. The van der Waals surface area contributed by atoms with Crippen molar-refractivity contribution in [3.8, 4) is 0 Å². The molecule has 0 saturated carbocycles. The van der Waals surface area contributed by atoms with Crippen molar-refractivity contribution in [3.05, 3.63) is 34.3 Å². The zero-order valence-electron chi connectivity index (χ0n) is 10.5. The van der Waals surface area contributed by atoms with Gasteiger partial charge < -0.3 is 16.4 Å². The van der Waals surface area contributed by atoms with Gasteiger partial charge >= 0.3 is 0 Å². The maximum absolute atomic E-state index is 13.7. The molecule has 1 aromatic carbocycles. The molecule has 1 heterocycles. The summed E-state index contributed by atoms with van der Waals surface area (Å²) in [5.74, 6) is -0.387. The van der Waals surface area contributed by atoms with Gasteiger partial charge in [-0.1, -0.05) is 0 Å². The second-order valence-corrected chi connectivity index (χ2v) is 4.75. The minimum absolute atomic E-state index is 0.0314. The van der Waals surface area contributed by atoms with Crippen LogP contribution in [0, 0.1) is 11.6 Å². The number of aromatic nitrogens is 2. The molecule has 1 aromatic heterocycles. The maximum atomic E-state index is 13.7. The molecule has 0 amide bonds. The van der Waals surface area contributed by atoms with Gasteiger partial charge in [0.2, 0.25) is 5.95 Å². The quantitative estimate of drug-likeness (QED) is 0.742. The van der Waals surface area contributed by atoms with Crippen LogP contribution in [0.15, 0.2) is 22.7 Å². The summed E-state index contributed by atoms with van der Waals surface area (Å²) < 4.78 is 27.2. The number of rotatable bonds is 4. The van der Waals surface area contributed by atoms with E-state index in [4.69, 9.17) is 5.73 Å². The lowest BCUT2D eigenvalue weighted by molar-refractivity contribution is 0.598. The predicted octanol–water partition coefficient (Wildman–Crippen LogP) is 3.27. The summed E-state index contributed by atoms with van der Waals surface area (Å²) in [5.41, 5.74) is 5.52. The first-order valence-corrected chi connectivity index (χ1v) is 6.59. The van der Waals surface area contributed by atoms with Crippen molar-refractivity contribution >= 4 is 39.2 Å². The molecular weight excluding hydrogens is 332 g/mol. The van der Waals surface area contributed by atoms with Crippen molar-refractivity contribution in [1.29, 1.82) is 0 Å². The summed E-state index contributed by atoms with van der Waals surface area (Å²) in [7, 11) is 0. The molecule has 0 unspecified atom stereocenters. The minimum Gasteiger partial charge on any atom is -0.370 e. The fourth-order valence-corrected chi connectivity index (χ4v) is 1.87. The van der Waals surface area contributed by atoms with Gasteiger partial charge in [-0.15, -0.1) is 0 Å². The first-order valence-electron chi connectivity index (χ1n) is 5.79. The number of hydrogen-bond donors (Lipinski definition) is 3. The number of anilines is 4. The van der Waals surface area contributed by atoms with Crippen LogP contribution < -0.4 is 16.4 Å². The summed E-state index contributed by atoms with van der Waals surface area (Å²) in [6.07, 6.45) is 0. The van der Waals surface area contributed by atoms with Crippen LogP contribution >= 0.6 is 15.9 Å². The zero-order valence-corrected chi connectivity index (χ0v) is 12.1. The molecule has 5 nitrogen and oxygen atoms in total. The van der Waals surface area contributed by atoms with Crippen molar-refractivity contribution in [2.45, 2.75) is 6.92 Å². The van der Waals surface area contributed by atoms with Crippen molar-refractivity contribution in [2.75, 3.05) is 22.9 Å². The van der Waals surface area contributed by atoms with Gasteiger partial charge in [0.1, 0.15) is 23.3 Å². The average Bonchev–Trinajstić information content (AvgIpc) is 2.35. The van der Waals surface area contributed by atoms with E-state index in [1.54, 1.807) is 6.07 Å². The Hall–Kier alpha value is -1.96. The van der Waals surface area contributed by atoms with Gasteiger partial charge in [0.05, 0.1) is 10.2 Å². The number of nitrogens with two attached hydrogens (primary N) is 1. The lowest BCUT2D eigenvalue weighted by atomic mass is 10.3. The molecule has 0 bridgehead atoms. The van der Waals surface area contributed by atoms with Gasteiger partial charge in [0, 0.05) is 18.7 Å². The molecule has 0 fully saturated rings. The second kappa shape index (κ2) is 6.00. The van der Waals surface area contributed by atoms with Crippen molar-refractivity contribution < 1.29 is 8.78 Å². The molecule has 8 heteroatoms. The normalized spacial score (nSPS) is 10.4. The number of hydrogen-bond acceptors (Lipinski definition) is 5. The van der Waals surface area contributed by atoms with Crippen molar-refractivity contribution in [3.63, 3.8) is 0 Å². The van der Waals surface area contributed by atoms with Crippen LogP contribution in [0.1, 0.15) is 6.92 Å². The predicted molar refractivity (Wildman–Crippen MR) is 77.9 cm³/mol. The molecule has 2 rings (SSSR count). The summed E-state index contributed by atoms with van der Waals surface area (Å²) in [5, 5.41) is 5.64. The van der Waals surface area contributed by atoms with E-state index in [9.17, 15) is 8.78 Å². The summed E-state index contributed by atoms with van der Waals surface area (Å²) in [6, 6.07) is 3.62. The number of nitrogens with one attached hydrogen (secondary N) is 2. The molecule has 0 atom stereocenters. The Kier molecular flexibility index (Phi) is 4.33. The van der Waals surface area contributed by atoms with E-state index in [2.05, 4.69) is 36.5 Å². The van der Waals surface area contributed by atoms with Crippen LogP contribution in [0.3, 0.4) is 0 Å². The molecule has 0 spiro atoms. The third kappa shape index (κ3) is 3.32. The summed E-state index contributed by atoms with van der Waals surface area (Å²) in [6.45, 7) is 2.55. The molecule has 2 aromatic rings. The Balaban J connectivity index is 2.32. The van der Waals surface area contributed by atoms with Gasteiger partial charge in [0.15, 0.2) is 0 Å². The molecule has 20 heavy (non-hydrogen) atoms. The SMILES string of the molecule is CCNc1cc(Nc2cc(F)c(Br)cc2F)nc(N)n1. The number of nitrogens with zero attached hydrogens (tertiary/aromatic N) is 2. The number of nitrogen functional groups attached to an aromatic ring is 1. The first-order chi connectivity index (χ1) is 9.49. The fourth-order valence-electron chi connectivity index (χ4n) is 1.56. The van der Waals surface area contributed by atoms with Gasteiger partial charge in [-0.25, -0.2) is 8.78 Å². The van der Waals surface area contributed by atoms with E-state index in [0.717, 1.165) is 12.1 Å². The van der Waals surface area contributed by atoms with Gasteiger partial charge in [-0.05, 0) is 28.9 Å². The summed E-state index contributed by atoms with van der Waals surface area (Å²) in [4.78, 5) is 7.88. The highest BCUT2D eigenvalue weighted by Crippen LogP contribution is 2.26. The molecule has 0 aliphatic rings. The molecule has 4 N–H and O–H groups in total. The van der Waals surface area contributed by atoms with Crippen LogP contribution in [0.2, 0.25) is 0 Å².